The third-order valence-corrected chi connectivity index (χ3v) is 5.62. The molecule has 0 radical (unpaired) electrons. The monoisotopic (exact) mass is 521 g/mol. The molecule has 0 fully saturated rings. The number of carboxylic acids is 1. The third kappa shape index (κ3) is 5.19. The van der Waals surface area contributed by atoms with Crippen molar-refractivity contribution in [3.8, 4) is 11.5 Å². The number of nitrogens with one attached hydrogen (secondary N) is 1. The van der Waals surface area contributed by atoms with E-state index in [1.54, 1.807) is 30.5 Å². The van der Waals surface area contributed by atoms with E-state index in [2.05, 4.69) is 20.9 Å². The molecule has 33 heavy (non-hydrogen) atoms. The third-order valence-electron chi connectivity index (χ3n) is 5.03. The molecule has 4 aromatic rings. The molecule has 0 unspecified atom stereocenters. The Hall–Kier alpha value is -3.33. The van der Waals surface area contributed by atoms with E-state index in [9.17, 15) is 22.4 Å². The number of hydrogen-bond donors (Lipinski definition) is 2. The van der Waals surface area contributed by atoms with Crippen LogP contribution in [0.5, 0.6) is 11.5 Å². The summed E-state index contributed by atoms with van der Waals surface area (Å²) in [5.41, 5.74) is 1.44. The molecular weight excluding hydrogens is 506 g/mol. The molecule has 0 aliphatic heterocycles. The van der Waals surface area contributed by atoms with Gasteiger partial charge in [-0.15, -0.1) is 0 Å². The Morgan fingerprint density at radius 1 is 1.03 bits per heavy atom. The van der Waals surface area contributed by atoms with E-state index in [-0.39, 0.29) is 21.6 Å². The first-order valence-corrected chi connectivity index (χ1v) is 10.5. The van der Waals surface area contributed by atoms with Crippen molar-refractivity contribution in [3.05, 3.63) is 93.3 Å². The molecule has 4 rings (SSSR count). The molecule has 4 nitrogen and oxygen atoms in total. The van der Waals surface area contributed by atoms with Gasteiger partial charge in [0.15, 0.2) is 5.75 Å². The summed E-state index contributed by atoms with van der Waals surface area (Å²) in [6.45, 7) is 0. The fourth-order valence-corrected chi connectivity index (χ4v) is 4.14. The first-order valence-electron chi connectivity index (χ1n) is 9.74. The molecule has 1 aromatic heterocycles. The van der Waals surface area contributed by atoms with Crippen LogP contribution in [-0.4, -0.2) is 16.1 Å². The van der Waals surface area contributed by atoms with Crippen molar-refractivity contribution in [1.82, 2.24) is 4.98 Å². The van der Waals surface area contributed by atoms with Crippen LogP contribution in [0, 0.1) is 5.82 Å². The van der Waals surface area contributed by atoms with Crippen molar-refractivity contribution < 1.29 is 32.2 Å². The van der Waals surface area contributed by atoms with Crippen LogP contribution >= 0.6 is 15.9 Å². The van der Waals surface area contributed by atoms with E-state index in [1.165, 1.54) is 24.3 Å². The molecular formula is C24H16BrF4NO3. The van der Waals surface area contributed by atoms with Crippen LogP contribution in [0.4, 0.5) is 17.6 Å². The smallest absolute Gasteiger partial charge is 0.420 e. The van der Waals surface area contributed by atoms with Crippen molar-refractivity contribution >= 4 is 32.8 Å². The van der Waals surface area contributed by atoms with Crippen molar-refractivity contribution in [2.75, 3.05) is 0 Å². The van der Waals surface area contributed by atoms with Crippen molar-refractivity contribution in [3.63, 3.8) is 0 Å². The molecule has 9 heteroatoms. The average molecular weight is 522 g/mol. The lowest BCUT2D eigenvalue weighted by Gasteiger charge is -2.17. The van der Waals surface area contributed by atoms with Gasteiger partial charge in [0.1, 0.15) is 11.6 Å². The minimum absolute atomic E-state index is 0.00304. The Bertz CT molecular complexity index is 1330. The second kappa shape index (κ2) is 8.90. The highest BCUT2D eigenvalue weighted by atomic mass is 79.9. The summed E-state index contributed by atoms with van der Waals surface area (Å²) in [6.07, 6.45) is -3.02. The summed E-state index contributed by atoms with van der Waals surface area (Å²) < 4.78 is 59.9. The summed E-state index contributed by atoms with van der Waals surface area (Å²) >= 11 is 3.09. The number of carbonyl (C=O) groups is 1. The first kappa shape index (κ1) is 22.8. The summed E-state index contributed by atoms with van der Waals surface area (Å²) in [5, 5.41) is 9.69. The van der Waals surface area contributed by atoms with Crippen LogP contribution < -0.4 is 4.74 Å². The van der Waals surface area contributed by atoms with Crippen LogP contribution in [0.3, 0.4) is 0 Å². The quantitative estimate of drug-likeness (QED) is 0.266. The summed E-state index contributed by atoms with van der Waals surface area (Å²) in [6, 6.07) is 13.0. The van der Waals surface area contributed by atoms with E-state index in [1.807, 2.05) is 0 Å². The maximum Gasteiger partial charge on any atom is 0.420 e. The summed E-state index contributed by atoms with van der Waals surface area (Å²) in [7, 11) is 0. The Morgan fingerprint density at radius 2 is 1.76 bits per heavy atom. The topological polar surface area (TPSA) is 62.3 Å². The zero-order valence-corrected chi connectivity index (χ0v) is 18.4. The minimum Gasteiger partial charge on any atom is -0.481 e. The van der Waals surface area contributed by atoms with Gasteiger partial charge in [-0.25, -0.2) is 4.39 Å². The number of rotatable bonds is 6. The second-order valence-corrected chi connectivity index (χ2v) is 8.30. The van der Waals surface area contributed by atoms with E-state index >= 15 is 0 Å². The zero-order valence-electron chi connectivity index (χ0n) is 16.8. The number of ether oxygens (including phenoxy) is 1. The maximum atomic E-state index is 13.7. The second-order valence-electron chi connectivity index (χ2n) is 7.45. The lowest BCUT2D eigenvalue weighted by Crippen LogP contribution is -2.10. The lowest BCUT2D eigenvalue weighted by molar-refractivity contribution is -0.139. The fourth-order valence-electron chi connectivity index (χ4n) is 3.55. The number of hydrogen-bond acceptors (Lipinski definition) is 2. The highest BCUT2D eigenvalue weighted by Crippen LogP contribution is 2.43. The number of aromatic nitrogens is 1. The predicted octanol–water partition coefficient (Wildman–Crippen LogP) is 7.10. The molecule has 0 bridgehead atoms. The van der Waals surface area contributed by atoms with E-state index in [4.69, 9.17) is 9.84 Å². The number of aliphatic carboxylic acids is 1. The van der Waals surface area contributed by atoms with Crippen LogP contribution in [0.25, 0.3) is 10.9 Å². The molecule has 0 saturated heterocycles. The van der Waals surface area contributed by atoms with E-state index in [0.717, 1.165) is 28.1 Å². The van der Waals surface area contributed by atoms with Gasteiger partial charge in [-0.1, -0.05) is 12.1 Å². The highest BCUT2D eigenvalue weighted by molar-refractivity contribution is 9.10. The van der Waals surface area contributed by atoms with Crippen molar-refractivity contribution in [2.24, 2.45) is 0 Å². The summed E-state index contributed by atoms with van der Waals surface area (Å²) in [4.78, 5) is 14.1. The van der Waals surface area contributed by atoms with Gasteiger partial charge in [-0.05, 0) is 81.5 Å². The Labute approximate surface area is 193 Å². The van der Waals surface area contributed by atoms with E-state index in [0.29, 0.717) is 6.42 Å². The van der Waals surface area contributed by atoms with Gasteiger partial charge in [-0.3, -0.25) is 4.79 Å². The zero-order chi connectivity index (χ0) is 23.8. The maximum absolute atomic E-state index is 13.7. The molecule has 0 saturated carbocycles. The van der Waals surface area contributed by atoms with Gasteiger partial charge >= 0.3 is 12.1 Å². The SMILES string of the molecule is O=C(O)Cc1cc(Br)c(Oc2ccc3[nH]cc(Cc4ccc(F)cc4)c3c2)c(C(F)(F)F)c1. The molecule has 0 amide bonds. The van der Waals surface area contributed by atoms with Gasteiger partial charge in [0.2, 0.25) is 0 Å². The normalized spacial score (nSPS) is 11.7. The Kier molecular flexibility index (Phi) is 6.16. The molecule has 0 aliphatic rings. The molecule has 0 aliphatic carbocycles. The molecule has 170 valence electrons. The predicted molar refractivity (Wildman–Crippen MR) is 118 cm³/mol. The van der Waals surface area contributed by atoms with Crippen molar-refractivity contribution in [2.45, 2.75) is 19.0 Å². The first-order chi connectivity index (χ1) is 15.6. The minimum atomic E-state index is -4.75. The van der Waals surface area contributed by atoms with Crippen LogP contribution in [0.15, 0.2) is 65.3 Å². The largest absolute Gasteiger partial charge is 0.481 e. The Balaban J connectivity index is 1.70. The number of fused-ring (bicyclic) bond motifs is 1. The number of halogens is 5. The van der Waals surface area contributed by atoms with E-state index < -0.39 is 29.9 Å². The van der Waals surface area contributed by atoms with Crippen LogP contribution in [0.2, 0.25) is 0 Å². The standard InChI is InChI=1S/C24H16BrF4NO3/c25-20-9-14(10-22(31)32)8-19(24(27,28)29)23(20)33-17-5-6-21-18(11-17)15(12-30-21)7-13-1-3-16(26)4-2-13/h1-6,8-9,11-12,30H,7,10H2,(H,31,32). The number of benzene rings is 3. The summed E-state index contributed by atoms with van der Waals surface area (Å²) in [5.74, 6) is -1.85. The molecule has 1 heterocycles. The van der Waals surface area contributed by atoms with Gasteiger partial charge in [0, 0.05) is 17.1 Å². The fraction of sp³-hybridized carbons (Fsp3) is 0.125. The molecule has 0 spiro atoms. The highest BCUT2D eigenvalue weighted by Gasteiger charge is 2.36. The Morgan fingerprint density at radius 3 is 2.42 bits per heavy atom. The van der Waals surface area contributed by atoms with Gasteiger partial charge in [0.25, 0.3) is 0 Å². The average Bonchev–Trinajstić information content (AvgIpc) is 3.12. The van der Waals surface area contributed by atoms with Gasteiger partial charge < -0.3 is 14.8 Å². The number of alkyl halides is 3. The molecule has 2 N–H and O–H groups in total. The number of aromatic amines is 1. The molecule has 0 atom stereocenters. The van der Waals surface area contributed by atoms with Gasteiger partial charge in [-0.2, -0.15) is 13.2 Å². The van der Waals surface area contributed by atoms with Crippen LogP contribution in [0.1, 0.15) is 22.3 Å². The van der Waals surface area contributed by atoms with Gasteiger partial charge in [0.05, 0.1) is 16.5 Å². The molecule has 3 aromatic carbocycles. The van der Waals surface area contributed by atoms with Crippen molar-refractivity contribution in [1.29, 1.82) is 0 Å². The van der Waals surface area contributed by atoms with Crippen LogP contribution in [-0.2, 0) is 23.8 Å². The lowest BCUT2D eigenvalue weighted by atomic mass is 10.0. The number of carboxylic acid groups (broad SMARTS) is 1. The number of H-pyrrole nitrogens is 1.